The fourth-order valence-electron chi connectivity index (χ4n) is 4.06. The molecule has 1 aromatic carbocycles. The predicted octanol–water partition coefficient (Wildman–Crippen LogP) is 6.18. The first-order valence-electron chi connectivity index (χ1n) is 9.02. The van der Waals surface area contributed by atoms with Crippen molar-refractivity contribution in [3.8, 4) is 11.3 Å². The van der Waals surface area contributed by atoms with E-state index in [0.717, 1.165) is 30.1 Å². The lowest BCUT2D eigenvalue weighted by molar-refractivity contribution is -0.137. The SMILES string of the molecule is Cc1ccn2[c]c(-c3ccccc3C(F)(F)F)nc2c1C1CCCCC1. The molecular weight excluding hydrogens is 337 g/mol. The molecule has 0 saturated heterocycles. The predicted molar refractivity (Wildman–Crippen MR) is 95.0 cm³/mol. The van der Waals surface area contributed by atoms with E-state index >= 15 is 0 Å². The minimum absolute atomic E-state index is 0.0796. The quantitative estimate of drug-likeness (QED) is 0.535. The first-order chi connectivity index (χ1) is 12.4. The van der Waals surface area contributed by atoms with Crippen molar-refractivity contribution in [1.82, 2.24) is 9.38 Å². The number of fused-ring (bicyclic) bond motifs is 1. The summed E-state index contributed by atoms with van der Waals surface area (Å²) in [5, 5.41) is 0. The summed E-state index contributed by atoms with van der Waals surface area (Å²) in [6.07, 6.45) is 6.33. The Morgan fingerprint density at radius 2 is 1.81 bits per heavy atom. The molecule has 2 aromatic heterocycles. The van der Waals surface area contributed by atoms with E-state index in [-0.39, 0.29) is 11.3 Å². The Hall–Kier alpha value is -2.30. The molecule has 5 heteroatoms. The van der Waals surface area contributed by atoms with E-state index in [4.69, 9.17) is 0 Å². The molecule has 26 heavy (non-hydrogen) atoms. The average molecular weight is 357 g/mol. The maximum absolute atomic E-state index is 13.4. The number of aryl methyl sites for hydroxylation is 1. The molecule has 1 aliphatic rings. The summed E-state index contributed by atoms with van der Waals surface area (Å²) in [6.45, 7) is 2.06. The summed E-state index contributed by atoms with van der Waals surface area (Å²) >= 11 is 0. The average Bonchev–Trinajstić information content (AvgIpc) is 3.05. The molecule has 1 radical (unpaired) electrons. The molecule has 2 nitrogen and oxygen atoms in total. The maximum Gasteiger partial charge on any atom is 0.417 e. The summed E-state index contributed by atoms with van der Waals surface area (Å²) < 4.78 is 41.9. The Morgan fingerprint density at radius 3 is 2.54 bits per heavy atom. The van der Waals surface area contributed by atoms with Crippen molar-refractivity contribution in [2.45, 2.75) is 51.1 Å². The summed E-state index contributed by atoms with van der Waals surface area (Å²) in [4.78, 5) is 4.60. The van der Waals surface area contributed by atoms with Gasteiger partial charge in [0.15, 0.2) is 0 Å². The highest BCUT2D eigenvalue weighted by atomic mass is 19.4. The van der Waals surface area contributed by atoms with Crippen LogP contribution in [0.25, 0.3) is 16.9 Å². The van der Waals surface area contributed by atoms with E-state index in [9.17, 15) is 13.2 Å². The van der Waals surface area contributed by atoms with Crippen molar-refractivity contribution in [3.63, 3.8) is 0 Å². The molecule has 135 valence electrons. The van der Waals surface area contributed by atoms with Gasteiger partial charge in [-0.25, -0.2) is 4.98 Å². The molecule has 1 fully saturated rings. The van der Waals surface area contributed by atoms with E-state index in [1.165, 1.54) is 37.0 Å². The molecule has 4 rings (SSSR count). The smallest absolute Gasteiger partial charge is 0.297 e. The lowest BCUT2D eigenvalue weighted by atomic mass is 9.83. The zero-order chi connectivity index (χ0) is 18.3. The second-order valence-electron chi connectivity index (χ2n) is 7.06. The van der Waals surface area contributed by atoms with Gasteiger partial charge in [0.1, 0.15) is 5.65 Å². The van der Waals surface area contributed by atoms with Gasteiger partial charge in [0, 0.05) is 17.3 Å². The summed E-state index contributed by atoms with van der Waals surface area (Å²) in [5.41, 5.74) is 2.72. The van der Waals surface area contributed by atoms with Crippen molar-refractivity contribution >= 4 is 5.65 Å². The Labute approximate surface area is 150 Å². The number of hydrogen-bond acceptors (Lipinski definition) is 1. The van der Waals surface area contributed by atoms with Crippen molar-refractivity contribution in [1.29, 1.82) is 0 Å². The van der Waals surface area contributed by atoms with Crippen LogP contribution in [0.15, 0.2) is 36.5 Å². The molecule has 0 spiro atoms. The van der Waals surface area contributed by atoms with Crippen molar-refractivity contribution in [3.05, 3.63) is 59.4 Å². The first-order valence-corrected chi connectivity index (χ1v) is 9.02. The number of hydrogen-bond donors (Lipinski definition) is 0. The minimum Gasteiger partial charge on any atom is -0.297 e. The van der Waals surface area contributed by atoms with Crippen LogP contribution in [0, 0.1) is 13.1 Å². The molecule has 1 saturated carbocycles. The number of alkyl halides is 3. The topological polar surface area (TPSA) is 17.3 Å². The summed E-state index contributed by atoms with van der Waals surface area (Å²) in [6, 6.07) is 7.58. The van der Waals surface area contributed by atoms with Crippen LogP contribution in [-0.2, 0) is 6.18 Å². The number of nitrogens with zero attached hydrogens (tertiary/aromatic N) is 2. The van der Waals surface area contributed by atoms with Crippen LogP contribution in [-0.4, -0.2) is 9.38 Å². The Morgan fingerprint density at radius 1 is 1.08 bits per heavy atom. The van der Waals surface area contributed by atoms with E-state index in [1.807, 2.05) is 12.3 Å². The number of aromatic nitrogens is 2. The molecule has 0 N–H and O–H groups in total. The van der Waals surface area contributed by atoms with Gasteiger partial charge in [-0.2, -0.15) is 13.2 Å². The lowest BCUT2D eigenvalue weighted by Gasteiger charge is -2.23. The van der Waals surface area contributed by atoms with Gasteiger partial charge in [0.2, 0.25) is 0 Å². The molecule has 3 aromatic rings. The Bertz CT molecular complexity index is 934. The van der Waals surface area contributed by atoms with E-state index in [1.54, 1.807) is 10.5 Å². The number of pyridine rings is 1. The van der Waals surface area contributed by atoms with Gasteiger partial charge in [0.25, 0.3) is 0 Å². The van der Waals surface area contributed by atoms with Gasteiger partial charge in [-0.05, 0) is 43.4 Å². The molecule has 0 aliphatic heterocycles. The fourth-order valence-corrected chi connectivity index (χ4v) is 4.06. The highest BCUT2D eigenvalue weighted by Gasteiger charge is 2.34. The van der Waals surface area contributed by atoms with Crippen LogP contribution < -0.4 is 0 Å². The molecule has 0 amide bonds. The van der Waals surface area contributed by atoms with Gasteiger partial charge in [0.05, 0.1) is 17.5 Å². The third-order valence-corrected chi connectivity index (χ3v) is 5.31. The zero-order valence-corrected chi connectivity index (χ0v) is 14.6. The van der Waals surface area contributed by atoms with Gasteiger partial charge in [-0.3, -0.25) is 4.40 Å². The van der Waals surface area contributed by atoms with Crippen molar-refractivity contribution in [2.75, 3.05) is 0 Å². The third kappa shape index (κ3) is 3.00. The first kappa shape index (κ1) is 17.1. The van der Waals surface area contributed by atoms with Crippen LogP contribution in [0.1, 0.15) is 54.7 Å². The fraction of sp³-hybridized carbons (Fsp3) is 0.381. The summed E-state index contributed by atoms with van der Waals surface area (Å²) in [5.74, 6) is 0.425. The number of rotatable bonds is 2. The second-order valence-corrected chi connectivity index (χ2v) is 7.06. The largest absolute Gasteiger partial charge is 0.417 e. The molecule has 2 heterocycles. The molecular formula is C21H20F3N2. The van der Waals surface area contributed by atoms with Crippen LogP contribution in [0.3, 0.4) is 0 Å². The molecule has 0 unspecified atom stereocenters. The third-order valence-electron chi connectivity index (χ3n) is 5.31. The van der Waals surface area contributed by atoms with Gasteiger partial charge >= 0.3 is 6.18 Å². The van der Waals surface area contributed by atoms with E-state index < -0.39 is 11.7 Å². The molecule has 0 bridgehead atoms. The lowest BCUT2D eigenvalue weighted by Crippen LogP contribution is -2.08. The van der Waals surface area contributed by atoms with Crippen molar-refractivity contribution in [2.24, 2.45) is 0 Å². The zero-order valence-electron chi connectivity index (χ0n) is 14.6. The van der Waals surface area contributed by atoms with Gasteiger partial charge in [-0.1, -0.05) is 37.5 Å². The molecule has 1 aliphatic carbocycles. The monoisotopic (exact) mass is 357 g/mol. The van der Waals surface area contributed by atoms with Crippen LogP contribution in [0.4, 0.5) is 13.2 Å². The minimum atomic E-state index is -4.41. The van der Waals surface area contributed by atoms with E-state index in [0.29, 0.717) is 5.92 Å². The highest BCUT2D eigenvalue weighted by Crippen LogP contribution is 2.39. The van der Waals surface area contributed by atoms with Gasteiger partial charge < -0.3 is 0 Å². The standard InChI is InChI=1S/C21H20F3N2/c1-14-11-12-26-13-18(16-9-5-6-10-17(16)21(22,23)24)25-20(26)19(14)15-7-3-2-4-8-15/h5-6,9-12,15H,2-4,7-8H2,1H3. The Balaban J connectivity index is 1.87. The Kier molecular flexibility index (Phi) is 4.25. The highest BCUT2D eigenvalue weighted by molar-refractivity contribution is 5.68. The number of halogens is 3. The van der Waals surface area contributed by atoms with Crippen LogP contribution in [0.5, 0.6) is 0 Å². The second kappa shape index (κ2) is 6.45. The maximum atomic E-state index is 13.4. The number of benzene rings is 1. The van der Waals surface area contributed by atoms with E-state index in [2.05, 4.69) is 18.1 Å². The van der Waals surface area contributed by atoms with Gasteiger partial charge in [-0.15, -0.1) is 0 Å². The summed E-state index contributed by atoms with van der Waals surface area (Å²) in [7, 11) is 0. The number of imidazole rings is 1. The normalized spacial score (nSPS) is 16.3. The molecule has 0 atom stereocenters. The van der Waals surface area contributed by atoms with Crippen LogP contribution in [0.2, 0.25) is 0 Å². The van der Waals surface area contributed by atoms with Crippen molar-refractivity contribution < 1.29 is 13.2 Å². The van der Waals surface area contributed by atoms with Crippen LogP contribution >= 0.6 is 0 Å².